The molecule has 0 aliphatic carbocycles. The Bertz CT molecular complexity index is 1260. The second-order valence-corrected chi connectivity index (χ2v) is 8.81. The normalized spacial score (nSPS) is 15.1. The SMILES string of the molecule is COCC(=O)N(CCN(C)C)c1ccc(N=C(c2ccccc2)C2C(=O)Nc3cc(F)ccc32)cc1. The Morgan fingerprint density at radius 3 is 2.42 bits per heavy atom. The van der Waals surface area contributed by atoms with Crippen LogP contribution in [-0.4, -0.2) is 63.3 Å². The van der Waals surface area contributed by atoms with Gasteiger partial charge in [0.05, 0.1) is 11.4 Å². The smallest absolute Gasteiger partial charge is 0.252 e. The Balaban J connectivity index is 1.70. The molecule has 1 atom stereocenters. The minimum Gasteiger partial charge on any atom is -0.375 e. The van der Waals surface area contributed by atoms with Crippen molar-refractivity contribution in [1.82, 2.24) is 4.90 Å². The zero-order valence-corrected chi connectivity index (χ0v) is 20.6. The highest BCUT2D eigenvalue weighted by molar-refractivity contribution is 6.24. The van der Waals surface area contributed by atoms with Gasteiger partial charge in [0.25, 0.3) is 5.91 Å². The van der Waals surface area contributed by atoms with Crippen molar-refractivity contribution in [1.29, 1.82) is 0 Å². The Morgan fingerprint density at radius 1 is 1.03 bits per heavy atom. The number of rotatable bonds is 9. The van der Waals surface area contributed by atoms with Crippen LogP contribution < -0.4 is 10.2 Å². The molecule has 0 fully saturated rings. The first-order chi connectivity index (χ1) is 17.4. The third-order valence-corrected chi connectivity index (χ3v) is 5.94. The molecule has 0 spiro atoms. The molecule has 0 bridgehead atoms. The van der Waals surface area contributed by atoms with Gasteiger partial charge in [0, 0.05) is 31.6 Å². The third-order valence-electron chi connectivity index (χ3n) is 5.94. The van der Waals surface area contributed by atoms with Crippen LogP contribution in [0.4, 0.5) is 21.5 Å². The van der Waals surface area contributed by atoms with Gasteiger partial charge in [0.15, 0.2) is 0 Å². The summed E-state index contributed by atoms with van der Waals surface area (Å²) in [6, 6.07) is 21.1. The van der Waals surface area contributed by atoms with Crippen LogP contribution in [0.5, 0.6) is 0 Å². The molecular formula is C28H29FN4O3. The minimum atomic E-state index is -0.678. The number of hydrogen-bond donors (Lipinski definition) is 1. The lowest BCUT2D eigenvalue weighted by Crippen LogP contribution is -2.38. The number of methoxy groups -OCH3 is 1. The van der Waals surface area contributed by atoms with Crippen molar-refractivity contribution in [2.75, 3.05) is 51.1 Å². The van der Waals surface area contributed by atoms with E-state index in [4.69, 9.17) is 9.73 Å². The van der Waals surface area contributed by atoms with Crippen molar-refractivity contribution in [2.45, 2.75) is 5.92 Å². The van der Waals surface area contributed by atoms with E-state index in [1.54, 1.807) is 11.0 Å². The summed E-state index contributed by atoms with van der Waals surface area (Å²) in [5.74, 6) is -1.48. The highest BCUT2D eigenvalue weighted by atomic mass is 19.1. The number of ether oxygens (including phenoxy) is 1. The number of likely N-dealkylation sites (N-methyl/N-ethyl adjacent to an activating group) is 1. The Kier molecular flexibility index (Phi) is 7.87. The highest BCUT2D eigenvalue weighted by Gasteiger charge is 2.35. The van der Waals surface area contributed by atoms with Gasteiger partial charge in [-0.15, -0.1) is 0 Å². The largest absolute Gasteiger partial charge is 0.375 e. The van der Waals surface area contributed by atoms with Crippen LogP contribution in [0.3, 0.4) is 0 Å². The standard InChI is InChI=1S/C28H29FN4O3/c1-32(2)15-16-33(25(34)18-36-3)22-12-10-21(11-13-22)30-27(19-7-5-4-6-8-19)26-23-14-9-20(29)17-24(23)31-28(26)35/h4-14,17,26H,15-16,18H2,1-3H3,(H,31,35). The van der Waals surface area contributed by atoms with E-state index in [1.807, 2.05) is 73.6 Å². The fourth-order valence-electron chi connectivity index (χ4n) is 4.16. The van der Waals surface area contributed by atoms with Gasteiger partial charge in [-0.05, 0) is 61.6 Å². The van der Waals surface area contributed by atoms with E-state index < -0.39 is 11.7 Å². The number of halogens is 1. The molecular weight excluding hydrogens is 459 g/mol. The molecule has 1 aliphatic rings. The summed E-state index contributed by atoms with van der Waals surface area (Å²) in [6.07, 6.45) is 0. The molecule has 1 aliphatic heterocycles. The van der Waals surface area contributed by atoms with E-state index in [0.717, 1.165) is 11.3 Å². The topological polar surface area (TPSA) is 74.2 Å². The second-order valence-electron chi connectivity index (χ2n) is 8.81. The third kappa shape index (κ3) is 5.67. The van der Waals surface area contributed by atoms with Crippen molar-refractivity contribution < 1.29 is 18.7 Å². The molecule has 1 N–H and O–H groups in total. The van der Waals surface area contributed by atoms with E-state index in [0.29, 0.717) is 35.7 Å². The molecule has 8 heteroatoms. The number of amides is 2. The number of nitrogens with one attached hydrogen (secondary N) is 1. The van der Waals surface area contributed by atoms with E-state index in [1.165, 1.54) is 19.2 Å². The molecule has 0 aromatic heterocycles. The number of carbonyl (C=O) groups is 2. The van der Waals surface area contributed by atoms with Crippen LogP contribution in [0, 0.1) is 5.82 Å². The molecule has 2 amide bonds. The number of fused-ring (bicyclic) bond motifs is 1. The first-order valence-electron chi connectivity index (χ1n) is 11.7. The predicted octanol–water partition coefficient (Wildman–Crippen LogP) is 4.22. The summed E-state index contributed by atoms with van der Waals surface area (Å²) in [6.45, 7) is 1.20. The number of carbonyl (C=O) groups excluding carboxylic acids is 2. The van der Waals surface area contributed by atoms with E-state index >= 15 is 0 Å². The maximum absolute atomic E-state index is 13.8. The van der Waals surface area contributed by atoms with Crippen LogP contribution in [0.1, 0.15) is 17.0 Å². The second kappa shape index (κ2) is 11.2. The lowest BCUT2D eigenvalue weighted by Gasteiger charge is -2.24. The van der Waals surface area contributed by atoms with Gasteiger partial charge in [0.2, 0.25) is 5.91 Å². The average Bonchev–Trinajstić information content (AvgIpc) is 3.18. The van der Waals surface area contributed by atoms with Gasteiger partial charge in [0.1, 0.15) is 18.3 Å². The Hall–Kier alpha value is -3.88. The summed E-state index contributed by atoms with van der Waals surface area (Å²) < 4.78 is 18.8. The lowest BCUT2D eigenvalue weighted by atomic mass is 9.90. The molecule has 0 radical (unpaired) electrons. The van der Waals surface area contributed by atoms with Crippen molar-refractivity contribution in [3.05, 3.63) is 89.7 Å². The summed E-state index contributed by atoms with van der Waals surface area (Å²) in [4.78, 5) is 34.2. The van der Waals surface area contributed by atoms with Crippen molar-refractivity contribution in [3.8, 4) is 0 Å². The van der Waals surface area contributed by atoms with Crippen LogP contribution in [-0.2, 0) is 14.3 Å². The molecule has 3 aromatic carbocycles. The average molecular weight is 489 g/mol. The van der Waals surface area contributed by atoms with Crippen LogP contribution in [0.25, 0.3) is 0 Å². The monoisotopic (exact) mass is 488 g/mol. The summed E-state index contributed by atoms with van der Waals surface area (Å²) >= 11 is 0. The van der Waals surface area contributed by atoms with Crippen molar-refractivity contribution in [2.24, 2.45) is 4.99 Å². The molecule has 0 saturated carbocycles. The van der Waals surface area contributed by atoms with Crippen molar-refractivity contribution in [3.63, 3.8) is 0 Å². The Labute approximate surface area is 210 Å². The highest BCUT2D eigenvalue weighted by Crippen LogP contribution is 2.36. The van der Waals surface area contributed by atoms with Crippen LogP contribution >= 0.6 is 0 Å². The van der Waals surface area contributed by atoms with E-state index in [9.17, 15) is 14.0 Å². The molecule has 1 heterocycles. The quantitative estimate of drug-likeness (QED) is 0.458. The maximum atomic E-state index is 13.8. The van der Waals surface area contributed by atoms with Gasteiger partial charge < -0.3 is 19.9 Å². The fraction of sp³-hybridized carbons (Fsp3) is 0.250. The zero-order valence-electron chi connectivity index (χ0n) is 20.6. The van der Waals surface area contributed by atoms with Gasteiger partial charge in [-0.3, -0.25) is 14.6 Å². The first-order valence-corrected chi connectivity index (χ1v) is 11.7. The van der Waals surface area contributed by atoms with Crippen LogP contribution in [0.15, 0.2) is 77.8 Å². The zero-order chi connectivity index (χ0) is 25.7. The van der Waals surface area contributed by atoms with Crippen molar-refractivity contribution >= 4 is 34.6 Å². The molecule has 186 valence electrons. The van der Waals surface area contributed by atoms with E-state index in [-0.39, 0.29) is 18.4 Å². The number of aliphatic imine (C=N–C) groups is 1. The minimum absolute atomic E-state index is 0.0116. The number of benzene rings is 3. The first kappa shape index (κ1) is 25.2. The van der Waals surface area contributed by atoms with Gasteiger partial charge in [-0.1, -0.05) is 36.4 Å². The molecule has 0 saturated heterocycles. The maximum Gasteiger partial charge on any atom is 0.252 e. The van der Waals surface area contributed by atoms with Gasteiger partial charge >= 0.3 is 0 Å². The summed E-state index contributed by atoms with van der Waals surface area (Å²) in [5, 5.41) is 2.78. The van der Waals surface area contributed by atoms with E-state index in [2.05, 4.69) is 5.32 Å². The number of hydrogen-bond acceptors (Lipinski definition) is 5. The summed E-state index contributed by atoms with van der Waals surface area (Å²) in [5.41, 5.74) is 3.86. The Morgan fingerprint density at radius 2 is 1.75 bits per heavy atom. The van der Waals surface area contributed by atoms with Crippen LogP contribution in [0.2, 0.25) is 0 Å². The molecule has 36 heavy (non-hydrogen) atoms. The number of anilines is 2. The van der Waals surface area contributed by atoms with Gasteiger partial charge in [-0.2, -0.15) is 0 Å². The molecule has 7 nitrogen and oxygen atoms in total. The van der Waals surface area contributed by atoms with Gasteiger partial charge in [-0.25, -0.2) is 4.39 Å². The molecule has 3 aromatic rings. The molecule has 1 unspecified atom stereocenters. The number of nitrogens with zero attached hydrogens (tertiary/aromatic N) is 3. The summed E-state index contributed by atoms with van der Waals surface area (Å²) in [7, 11) is 5.40. The lowest BCUT2D eigenvalue weighted by molar-refractivity contribution is -0.122. The predicted molar refractivity (Wildman–Crippen MR) is 140 cm³/mol. The molecule has 4 rings (SSSR count). The fourth-order valence-corrected chi connectivity index (χ4v) is 4.16.